The molecule has 0 heterocycles. The minimum Gasteiger partial charge on any atom is -0.497 e. The summed E-state index contributed by atoms with van der Waals surface area (Å²) in [7, 11) is 1.60. The maximum Gasteiger partial charge on any atom is 0.196 e. The van der Waals surface area contributed by atoms with Gasteiger partial charge in [-0.15, -0.1) is 0 Å². The number of hydrogen-bond acceptors (Lipinski definition) is 4. The van der Waals surface area contributed by atoms with E-state index in [1.165, 1.54) is 0 Å². The van der Waals surface area contributed by atoms with Gasteiger partial charge in [-0.05, 0) is 62.8 Å². The molecule has 5 aromatic rings. The first-order valence-corrected chi connectivity index (χ1v) is 11.4. The number of ketones is 1. The van der Waals surface area contributed by atoms with Gasteiger partial charge in [-0.1, -0.05) is 84.0 Å². The van der Waals surface area contributed by atoms with Crippen molar-refractivity contribution in [2.45, 2.75) is 0 Å². The number of fused-ring (bicyclic) bond motifs is 1. The van der Waals surface area contributed by atoms with Crippen molar-refractivity contribution < 1.29 is 9.53 Å². The zero-order chi connectivity index (χ0) is 25.1. The number of ether oxygens (including phenoxy) is 1. The highest BCUT2D eigenvalue weighted by Gasteiger charge is 2.22. The molecule has 0 aromatic heterocycles. The highest BCUT2D eigenvalue weighted by atomic mass is 16.5. The van der Waals surface area contributed by atoms with E-state index in [0.717, 1.165) is 27.5 Å². The van der Waals surface area contributed by atoms with Crippen LogP contribution in [0.4, 0.5) is 11.4 Å². The summed E-state index contributed by atoms with van der Waals surface area (Å²) >= 11 is 0. The summed E-state index contributed by atoms with van der Waals surface area (Å²) in [6.45, 7) is 0. The summed E-state index contributed by atoms with van der Waals surface area (Å²) in [6, 6.07) is 32.5. The van der Waals surface area contributed by atoms with Crippen LogP contribution in [0, 0.1) is 0 Å². The van der Waals surface area contributed by atoms with Gasteiger partial charge >= 0.3 is 0 Å². The Hall–Kier alpha value is -5.06. The predicted molar refractivity (Wildman–Crippen MR) is 144 cm³/mol. The third kappa shape index (κ3) is 4.02. The number of carbonyl (C=O) groups excluding carboxylic acids is 1. The van der Waals surface area contributed by atoms with Crippen molar-refractivity contribution in [2.24, 2.45) is 5.11 Å². The molecule has 5 aromatic carbocycles. The Labute approximate surface area is 208 Å². The predicted octanol–water partition coefficient (Wildman–Crippen LogP) is 7.94. The molecule has 174 valence electrons. The number of hydrogen-bond donors (Lipinski definition) is 1. The maximum atomic E-state index is 14.2. The Kier molecular flexibility index (Phi) is 6.10. The van der Waals surface area contributed by atoms with Crippen molar-refractivity contribution in [3.8, 4) is 28.0 Å². The second-order valence-corrected chi connectivity index (χ2v) is 8.24. The van der Waals surface area contributed by atoms with Gasteiger partial charge in [-0.3, -0.25) is 4.79 Å². The van der Waals surface area contributed by atoms with Crippen molar-refractivity contribution in [2.75, 3.05) is 12.8 Å². The molecule has 6 nitrogen and oxygen atoms in total. The number of nitrogen functional groups attached to an aromatic ring is 1. The minimum absolute atomic E-state index is 0.141. The lowest BCUT2D eigenvalue weighted by molar-refractivity contribution is 0.104. The second kappa shape index (κ2) is 9.66. The SMILES string of the molecule is COc1ccc(-c2ccc(N=[N+]=[N-])c(N)c2C(=O)c2ccc(-c3ccccc3)c3ccccc23)cc1. The van der Waals surface area contributed by atoms with Crippen LogP contribution in [0.3, 0.4) is 0 Å². The Bertz CT molecular complexity index is 1640. The molecule has 0 saturated carbocycles. The molecule has 0 bridgehead atoms. The molecule has 0 atom stereocenters. The van der Waals surface area contributed by atoms with Crippen LogP contribution in [0.2, 0.25) is 0 Å². The van der Waals surface area contributed by atoms with Crippen LogP contribution in [0.25, 0.3) is 43.5 Å². The fourth-order valence-electron chi connectivity index (χ4n) is 4.50. The fourth-order valence-corrected chi connectivity index (χ4v) is 4.50. The lowest BCUT2D eigenvalue weighted by Gasteiger charge is -2.16. The Morgan fingerprint density at radius 3 is 2.11 bits per heavy atom. The van der Waals surface area contributed by atoms with Gasteiger partial charge in [-0.25, -0.2) is 0 Å². The molecular formula is C30H22N4O2. The average Bonchev–Trinajstić information content (AvgIpc) is 2.93. The van der Waals surface area contributed by atoms with Gasteiger partial charge < -0.3 is 10.5 Å². The molecule has 6 heteroatoms. The van der Waals surface area contributed by atoms with Gasteiger partial charge in [-0.2, -0.15) is 0 Å². The zero-order valence-corrected chi connectivity index (χ0v) is 19.6. The molecule has 0 saturated heterocycles. The lowest BCUT2D eigenvalue weighted by atomic mass is 9.88. The highest BCUT2D eigenvalue weighted by Crippen LogP contribution is 2.39. The molecule has 0 aliphatic rings. The van der Waals surface area contributed by atoms with Crippen LogP contribution in [0.5, 0.6) is 5.75 Å². The van der Waals surface area contributed by atoms with Crippen LogP contribution in [0.1, 0.15) is 15.9 Å². The van der Waals surface area contributed by atoms with Crippen molar-refractivity contribution in [1.82, 2.24) is 0 Å². The van der Waals surface area contributed by atoms with Gasteiger partial charge in [0.15, 0.2) is 5.78 Å². The number of methoxy groups -OCH3 is 1. The lowest BCUT2D eigenvalue weighted by Crippen LogP contribution is -2.09. The Morgan fingerprint density at radius 2 is 1.42 bits per heavy atom. The third-order valence-corrected chi connectivity index (χ3v) is 6.26. The van der Waals surface area contributed by atoms with Crippen molar-refractivity contribution in [3.05, 3.63) is 125 Å². The summed E-state index contributed by atoms with van der Waals surface area (Å²) < 4.78 is 5.28. The van der Waals surface area contributed by atoms with Gasteiger partial charge in [0.2, 0.25) is 0 Å². The molecule has 0 aliphatic heterocycles. The first kappa shape index (κ1) is 22.7. The number of rotatable bonds is 6. The van der Waals surface area contributed by atoms with Gasteiger partial charge in [0, 0.05) is 10.5 Å². The van der Waals surface area contributed by atoms with E-state index in [1.807, 2.05) is 91.0 Å². The number of carbonyl (C=O) groups is 1. The van der Waals surface area contributed by atoms with Crippen LogP contribution >= 0.6 is 0 Å². The van der Waals surface area contributed by atoms with Crippen LogP contribution in [-0.4, -0.2) is 12.9 Å². The standard InChI is InChI=1S/C30H22N4O2/c1-36-21-13-11-20(12-14-21)23-17-18-27(33-34-32)29(31)28(23)30(35)26-16-15-22(19-7-3-2-4-8-19)24-9-5-6-10-25(24)26/h2-18H,31H2,1H3. The smallest absolute Gasteiger partial charge is 0.196 e. The fraction of sp³-hybridized carbons (Fsp3) is 0.0333. The summed E-state index contributed by atoms with van der Waals surface area (Å²) in [6.07, 6.45) is 0. The van der Waals surface area contributed by atoms with E-state index in [0.29, 0.717) is 22.4 Å². The topological polar surface area (TPSA) is 101 Å². The van der Waals surface area contributed by atoms with E-state index in [1.54, 1.807) is 19.2 Å². The first-order chi connectivity index (χ1) is 17.6. The zero-order valence-electron chi connectivity index (χ0n) is 19.6. The molecule has 0 radical (unpaired) electrons. The highest BCUT2D eigenvalue weighted by molar-refractivity contribution is 6.23. The summed E-state index contributed by atoms with van der Waals surface area (Å²) in [5.41, 5.74) is 20.2. The normalized spacial score (nSPS) is 10.6. The summed E-state index contributed by atoms with van der Waals surface area (Å²) in [5, 5.41) is 5.49. The molecule has 0 unspecified atom stereocenters. The molecule has 0 spiro atoms. The quantitative estimate of drug-likeness (QED) is 0.0896. The van der Waals surface area contributed by atoms with Crippen molar-refractivity contribution in [1.29, 1.82) is 0 Å². The molecule has 2 N–H and O–H groups in total. The first-order valence-electron chi connectivity index (χ1n) is 11.4. The van der Waals surface area contributed by atoms with E-state index < -0.39 is 0 Å². The molecule has 0 amide bonds. The van der Waals surface area contributed by atoms with Crippen LogP contribution in [0.15, 0.2) is 108 Å². The van der Waals surface area contributed by atoms with E-state index in [4.69, 9.17) is 16.0 Å². The second-order valence-electron chi connectivity index (χ2n) is 8.24. The summed E-state index contributed by atoms with van der Waals surface area (Å²) in [5.74, 6) is 0.455. The third-order valence-electron chi connectivity index (χ3n) is 6.26. The van der Waals surface area contributed by atoms with E-state index in [-0.39, 0.29) is 17.2 Å². The minimum atomic E-state index is -0.246. The van der Waals surface area contributed by atoms with E-state index in [2.05, 4.69) is 10.0 Å². The van der Waals surface area contributed by atoms with Crippen molar-refractivity contribution >= 4 is 27.9 Å². The number of anilines is 1. The van der Waals surface area contributed by atoms with Gasteiger partial charge in [0.25, 0.3) is 0 Å². The van der Waals surface area contributed by atoms with Crippen LogP contribution < -0.4 is 10.5 Å². The Morgan fingerprint density at radius 1 is 0.778 bits per heavy atom. The number of nitrogens with zero attached hydrogens (tertiary/aromatic N) is 3. The number of azide groups is 1. The largest absolute Gasteiger partial charge is 0.497 e. The van der Waals surface area contributed by atoms with Gasteiger partial charge in [0.1, 0.15) is 5.75 Å². The number of benzene rings is 5. The number of nitrogens with two attached hydrogens (primary N) is 1. The van der Waals surface area contributed by atoms with E-state index in [9.17, 15) is 4.79 Å². The van der Waals surface area contributed by atoms with Crippen molar-refractivity contribution in [3.63, 3.8) is 0 Å². The molecular weight excluding hydrogens is 448 g/mol. The Balaban J connectivity index is 1.73. The van der Waals surface area contributed by atoms with Gasteiger partial charge in [0.05, 0.1) is 24.0 Å². The maximum absolute atomic E-state index is 14.2. The molecule has 36 heavy (non-hydrogen) atoms. The average molecular weight is 471 g/mol. The van der Waals surface area contributed by atoms with E-state index >= 15 is 0 Å². The molecule has 0 fully saturated rings. The van der Waals surface area contributed by atoms with Crippen LogP contribution in [-0.2, 0) is 0 Å². The summed E-state index contributed by atoms with van der Waals surface area (Å²) in [4.78, 5) is 17.0. The molecule has 0 aliphatic carbocycles. The molecule has 5 rings (SSSR count). The monoisotopic (exact) mass is 470 g/mol.